The number of ether oxygens (including phenoxy) is 1. The molecule has 0 atom stereocenters. The minimum atomic E-state index is -0.238. The summed E-state index contributed by atoms with van der Waals surface area (Å²) in [6.45, 7) is 5.15. The van der Waals surface area contributed by atoms with Crippen molar-refractivity contribution in [1.82, 2.24) is 10.6 Å². The van der Waals surface area contributed by atoms with E-state index in [4.69, 9.17) is 4.74 Å². The van der Waals surface area contributed by atoms with E-state index >= 15 is 0 Å². The molecular weight excluding hydrogens is 268 g/mol. The first kappa shape index (κ1) is 15.8. The minimum absolute atomic E-state index is 0.0176. The van der Waals surface area contributed by atoms with E-state index in [-0.39, 0.29) is 11.7 Å². The normalized spacial score (nSPS) is 15.9. The van der Waals surface area contributed by atoms with Gasteiger partial charge in [-0.25, -0.2) is 0 Å². The smallest absolute Gasteiger partial charge is 0.255 e. The Morgan fingerprint density at radius 1 is 1.43 bits per heavy atom. The van der Waals surface area contributed by atoms with Gasteiger partial charge in [-0.15, -0.1) is 0 Å². The Morgan fingerprint density at radius 3 is 2.95 bits per heavy atom. The van der Waals surface area contributed by atoms with Gasteiger partial charge in [-0.1, -0.05) is 11.6 Å². The van der Waals surface area contributed by atoms with Crippen LogP contribution in [0.25, 0.3) is 0 Å². The number of hydrogen-bond acceptors (Lipinski definition) is 4. The molecule has 116 valence electrons. The van der Waals surface area contributed by atoms with E-state index in [1.54, 1.807) is 18.2 Å². The van der Waals surface area contributed by atoms with Crippen LogP contribution in [0.2, 0.25) is 0 Å². The van der Waals surface area contributed by atoms with Gasteiger partial charge < -0.3 is 20.5 Å². The zero-order valence-electron chi connectivity index (χ0n) is 12.5. The third-order valence-electron chi connectivity index (χ3n) is 3.64. The third-order valence-corrected chi connectivity index (χ3v) is 3.64. The lowest BCUT2D eigenvalue weighted by Gasteiger charge is -2.22. The van der Waals surface area contributed by atoms with Crippen molar-refractivity contribution in [2.24, 2.45) is 0 Å². The van der Waals surface area contributed by atoms with Crippen LogP contribution < -0.4 is 10.6 Å². The minimum Gasteiger partial charge on any atom is -0.507 e. The summed E-state index contributed by atoms with van der Waals surface area (Å²) in [5, 5.41) is 15.8. The fourth-order valence-electron chi connectivity index (χ4n) is 2.41. The van der Waals surface area contributed by atoms with Gasteiger partial charge in [-0.2, -0.15) is 0 Å². The molecule has 0 aromatic heterocycles. The molecule has 3 N–H and O–H groups in total. The van der Waals surface area contributed by atoms with Gasteiger partial charge in [-0.05, 0) is 51.4 Å². The highest BCUT2D eigenvalue weighted by molar-refractivity contribution is 5.96. The number of phenolic OH excluding ortho intramolecular Hbond substituents is 1. The summed E-state index contributed by atoms with van der Waals surface area (Å²) < 4.78 is 5.77. The number of phenols is 1. The number of amides is 1. The molecule has 0 aliphatic carbocycles. The first-order valence-electron chi connectivity index (χ1n) is 7.57. The summed E-state index contributed by atoms with van der Waals surface area (Å²) in [4.78, 5) is 12.0. The zero-order chi connectivity index (χ0) is 15.1. The Hall–Kier alpha value is -1.59. The van der Waals surface area contributed by atoms with E-state index < -0.39 is 0 Å². The van der Waals surface area contributed by atoms with E-state index in [0.717, 1.165) is 37.9 Å². The maximum Gasteiger partial charge on any atom is 0.255 e. The summed E-state index contributed by atoms with van der Waals surface area (Å²) in [7, 11) is 0. The standard InChI is InChI=1S/C16H24N2O3/c1-12-3-4-15(19)14(11-12)16(20)18-7-2-10-21-13-5-8-17-9-6-13/h3-4,11,13,17,19H,2,5-10H2,1H3,(H,18,20). The summed E-state index contributed by atoms with van der Waals surface area (Å²) in [6.07, 6.45) is 3.25. The number of piperidine rings is 1. The second-order valence-electron chi connectivity index (χ2n) is 5.45. The van der Waals surface area contributed by atoms with Gasteiger partial charge in [0, 0.05) is 13.2 Å². The molecule has 0 bridgehead atoms. The molecule has 0 spiro atoms. The lowest BCUT2D eigenvalue weighted by Crippen LogP contribution is -2.33. The molecule has 1 aliphatic heterocycles. The van der Waals surface area contributed by atoms with Crippen LogP contribution in [0.15, 0.2) is 18.2 Å². The molecule has 2 rings (SSSR count). The maximum atomic E-state index is 12.0. The van der Waals surface area contributed by atoms with Crippen LogP contribution in [-0.4, -0.2) is 43.4 Å². The first-order valence-corrected chi connectivity index (χ1v) is 7.57. The Morgan fingerprint density at radius 2 is 2.19 bits per heavy atom. The molecule has 21 heavy (non-hydrogen) atoms. The van der Waals surface area contributed by atoms with Crippen LogP contribution in [0, 0.1) is 6.92 Å². The van der Waals surface area contributed by atoms with Gasteiger partial charge in [0.15, 0.2) is 0 Å². The van der Waals surface area contributed by atoms with Crippen LogP contribution in [-0.2, 0) is 4.74 Å². The molecular formula is C16H24N2O3. The maximum absolute atomic E-state index is 12.0. The van der Waals surface area contributed by atoms with Crippen molar-refractivity contribution in [3.8, 4) is 5.75 Å². The predicted molar refractivity (Wildman–Crippen MR) is 81.6 cm³/mol. The second-order valence-corrected chi connectivity index (χ2v) is 5.45. The molecule has 1 aromatic rings. The van der Waals surface area contributed by atoms with Crippen LogP contribution in [0.1, 0.15) is 35.2 Å². The lowest BCUT2D eigenvalue weighted by atomic mass is 10.1. The predicted octanol–water partition coefficient (Wildman–Crippen LogP) is 1.59. The monoisotopic (exact) mass is 292 g/mol. The fourth-order valence-corrected chi connectivity index (χ4v) is 2.41. The topological polar surface area (TPSA) is 70.6 Å². The van der Waals surface area contributed by atoms with Crippen molar-refractivity contribution in [2.75, 3.05) is 26.2 Å². The summed E-state index contributed by atoms with van der Waals surface area (Å²) >= 11 is 0. The molecule has 1 amide bonds. The average molecular weight is 292 g/mol. The average Bonchev–Trinajstić information content (AvgIpc) is 2.50. The largest absolute Gasteiger partial charge is 0.507 e. The van der Waals surface area contributed by atoms with Gasteiger partial charge in [0.1, 0.15) is 5.75 Å². The molecule has 5 heteroatoms. The fraction of sp³-hybridized carbons (Fsp3) is 0.562. The molecule has 0 unspecified atom stereocenters. The molecule has 1 aromatic carbocycles. The second kappa shape index (κ2) is 8.00. The SMILES string of the molecule is Cc1ccc(O)c(C(=O)NCCCOC2CCNCC2)c1. The number of benzene rings is 1. The van der Waals surface area contributed by atoms with E-state index in [9.17, 15) is 9.90 Å². The van der Waals surface area contributed by atoms with E-state index in [0.29, 0.717) is 24.8 Å². The van der Waals surface area contributed by atoms with Gasteiger partial charge in [0.2, 0.25) is 0 Å². The molecule has 1 fully saturated rings. The highest BCUT2D eigenvalue weighted by Gasteiger charge is 2.13. The van der Waals surface area contributed by atoms with Crippen molar-refractivity contribution in [3.63, 3.8) is 0 Å². The van der Waals surface area contributed by atoms with Gasteiger partial charge >= 0.3 is 0 Å². The molecule has 1 saturated heterocycles. The molecule has 0 radical (unpaired) electrons. The number of carbonyl (C=O) groups excluding carboxylic acids is 1. The zero-order valence-corrected chi connectivity index (χ0v) is 12.5. The van der Waals surface area contributed by atoms with Gasteiger partial charge in [0.25, 0.3) is 5.91 Å². The van der Waals surface area contributed by atoms with Crippen LogP contribution in [0.5, 0.6) is 5.75 Å². The van der Waals surface area contributed by atoms with Crippen molar-refractivity contribution in [1.29, 1.82) is 0 Å². The van der Waals surface area contributed by atoms with Crippen molar-refractivity contribution in [3.05, 3.63) is 29.3 Å². The van der Waals surface area contributed by atoms with Crippen LogP contribution in [0.4, 0.5) is 0 Å². The summed E-state index contributed by atoms with van der Waals surface area (Å²) in [6, 6.07) is 5.01. The summed E-state index contributed by atoms with van der Waals surface area (Å²) in [5.74, 6) is -0.220. The Kier molecular flexibility index (Phi) is 6.02. The number of hydrogen-bond donors (Lipinski definition) is 3. The highest BCUT2D eigenvalue weighted by atomic mass is 16.5. The van der Waals surface area contributed by atoms with E-state index in [1.165, 1.54) is 0 Å². The Labute approximate surface area is 125 Å². The quantitative estimate of drug-likeness (QED) is 0.696. The summed E-state index contributed by atoms with van der Waals surface area (Å²) in [5.41, 5.74) is 1.28. The van der Waals surface area contributed by atoms with Crippen molar-refractivity contribution >= 4 is 5.91 Å². The molecule has 5 nitrogen and oxygen atoms in total. The number of nitrogens with one attached hydrogen (secondary N) is 2. The highest BCUT2D eigenvalue weighted by Crippen LogP contribution is 2.17. The van der Waals surface area contributed by atoms with Crippen LogP contribution in [0.3, 0.4) is 0 Å². The van der Waals surface area contributed by atoms with Crippen molar-refractivity contribution in [2.45, 2.75) is 32.3 Å². The number of rotatable bonds is 6. The number of aryl methyl sites for hydroxylation is 1. The first-order chi connectivity index (χ1) is 10.2. The number of carbonyl (C=O) groups is 1. The van der Waals surface area contributed by atoms with Crippen LogP contribution >= 0.6 is 0 Å². The van der Waals surface area contributed by atoms with Gasteiger partial charge in [-0.3, -0.25) is 4.79 Å². The lowest BCUT2D eigenvalue weighted by molar-refractivity contribution is 0.0318. The van der Waals surface area contributed by atoms with E-state index in [1.807, 2.05) is 6.92 Å². The molecule has 0 saturated carbocycles. The third kappa shape index (κ3) is 5.02. The Balaban J connectivity index is 1.66. The Bertz CT molecular complexity index is 471. The molecule has 1 heterocycles. The van der Waals surface area contributed by atoms with Gasteiger partial charge in [0.05, 0.1) is 11.7 Å². The number of aromatic hydroxyl groups is 1. The van der Waals surface area contributed by atoms with E-state index in [2.05, 4.69) is 10.6 Å². The molecule has 1 aliphatic rings. The van der Waals surface area contributed by atoms with Crippen molar-refractivity contribution < 1.29 is 14.6 Å².